The Kier molecular flexibility index (Phi) is 6.17. The maximum Gasteiger partial charge on any atom is 0.341 e. The van der Waals surface area contributed by atoms with Crippen molar-refractivity contribution in [3.05, 3.63) is 59.4 Å². The predicted octanol–water partition coefficient (Wildman–Crippen LogP) is 2.69. The van der Waals surface area contributed by atoms with Crippen LogP contribution in [0.4, 0.5) is 15.8 Å². The van der Waals surface area contributed by atoms with Gasteiger partial charge in [-0.1, -0.05) is 18.2 Å². The van der Waals surface area contributed by atoms with Gasteiger partial charge < -0.3 is 10.1 Å². The standard InChI is InChI=1S/C18H19FN2O5S/c1-11-8-9-13(10-15(11)19)20-17(22)12(2)26-18(23)14-6-4-5-7-16(14)21-27(3,24)25/h4-10,12,21H,1-3H3,(H,20,22)/t12-/m0/s1. The first-order valence-corrected chi connectivity index (χ1v) is 9.81. The Labute approximate surface area is 156 Å². The molecular formula is C18H19FN2O5S. The fourth-order valence-corrected chi connectivity index (χ4v) is 2.72. The first-order valence-electron chi connectivity index (χ1n) is 7.91. The molecule has 2 N–H and O–H groups in total. The van der Waals surface area contributed by atoms with E-state index in [1.165, 1.54) is 37.3 Å². The van der Waals surface area contributed by atoms with Crippen LogP contribution in [0, 0.1) is 12.7 Å². The van der Waals surface area contributed by atoms with Crippen molar-refractivity contribution < 1.29 is 27.1 Å². The van der Waals surface area contributed by atoms with Crippen molar-refractivity contribution in [1.82, 2.24) is 0 Å². The van der Waals surface area contributed by atoms with Crippen LogP contribution in [0.1, 0.15) is 22.8 Å². The van der Waals surface area contributed by atoms with Gasteiger partial charge in [0.2, 0.25) is 10.0 Å². The molecule has 0 spiro atoms. The molecule has 2 rings (SSSR count). The topological polar surface area (TPSA) is 102 Å². The van der Waals surface area contributed by atoms with Gasteiger partial charge in [0.05, 0.1) is 17.5 Å². The fraction of sp³-hybridized carbons (Fsp3) is 0.222. The summed E-state index contributed by atoms with van der Waals surface area (Å²) in [6.45, 7) is 2.94. The summed E-state index contributed by atoms with van der Waals surface area (Å²) in [5.41, 5.74) is 0.662. The third-order valence-corrected chi connectivity index (χ3v) is 4.13. The Hall–Kier alpha value is -2.94. The van der Waals surface area contributed by atoms with E-state index in [-0.39, 0.29) is 16.9 Å². The highest BCUT2D eigenvalue weighted by molar-refractivity contribution is 7.92. The first kappa shape index (κ1) is 20.4. The average molecular weight is 394 g/mol. The molecule has 0 aliphatic rings. The zero-order valence-electron chi connectivity index (χ0n) is 14.9. The molecular weight excluding hydrogens is 375 g/mol. The van der Waals surface area contributed by atoms with Gasteiger partial charge in [-0.3, -0.25) is 9.52 Å². The van der Waals surface area contributed by atoms with E-state index in [1.54, 1.807) is 13.0 Å². The van der Waals surface area contributed by atoms with E-state index in [0.717, 1.165) is 12.3 Å². The van der Waals surface area contributed by atoms with E-state index in [9.17, 15) is 22.4 Å². The molecule has 0 unspecified atom stereocenters. The Bertz CT molecular complexity index is 975. The summed E-state index contributed by atoms with van der Waals surface area (Å²) in [4.78, 5) is 24.5. The normalized spacial score (nSPS) is 12.1. The molecule has 0 saturated heterocycles. The zero-order chi connectivity index (χ0) is 20.2. The monoisotopic (exact) mass is 394 g/mol. The van der Waals surface area contributed by atoms with Gasteiger partial charge in [0.1, 0.15) is 5.82 Å². The molecule has 2 aromatic carbocycles. The number of aryl methyl sites for hydroxylation is 1. The highest BCUT2D eigenvalue weighted by Gasteiger charge is 2.22. The van der Waals surface area contributed by atoms with Gasteiger partial charge in [0, 0.05) is 5.69 Å². The molecule has 0 heterocycles. The second-order valence-corrected chi connectivity index (χ2v) is 7.67. The van der Waals surface area contributed by atoms with Crippen LogP contribution in [0.25, 0.3) is 0 Å². The van der Waals surface area contributed by atoms with Gasteiger partial charge in [-0.25, -0.2) is 17.6 Å². The number of para-hydroxylation sites is 1. The minimum Gasteiger partial charge on any atom is -0.449 e. The molecule has 27 heavy (non-hydrogen) atoms. The molecule has 0 aliphatic heterocycles. The molecule has 7 nitrogen and oxygen atoms in total. The van der Waals surface area contributed by atoms with Gasteiger partial charge in [-0.2, -0.15) is 0 Å². The second-order valence-electron chi connectivity index (χ2n) is 5.92. The lowest BCUT2D eigenvalue weighted by Crippen LogP contribution is -2.30. The minimum absolute atomic E-state index is 0.0380. The average Bonchev–Trinajstić information content (AvgIpc) is 2.57. The number of carbonyl (C=O) groups excluding carboxylic acids is 2. The Balaban J connectivity index is 2.09. The zero-order valence-corrected chi connectivity index (χ0v) is 15.8. The predicted molar refractivity (Wildman–Crippen MR) is 99.6 cm³/mol. The number of ether oxygens (including phenoxy) is 1. The number of sulfonamides is 1. The van der Waals surface area contributed by atoms with Crippen LogP contribution >= 0.6 is 0 Å². The van der Waals surface area contributed by atoms with Crippen molar-refractivity contribution in [2.24, 2.45) is 0 Å². The molecule has 1 amide bonds. The number of esters is 1. The number of anilines is 2. The number of hydrogen-bond acceptors (Lipinski definition) is 5. The molecule has 2 aromatic rings. The number of hydrogen-bond donors (Lipinski definition) is 2. The lowest BCUT2D eigenvalue weighted by atomic mass is 10.2. The molecule has 0 fully saturated rings. The molecule has 1 atom stereocenters. The van der Waals surface area contributed by atoms with Crippen LogP contribution < -0.4 is 10.0 Å². The SMILES string of the molecule is Cc1ccc(NC(=O)[C@H](C)OC(=O)c2ccccc2NS(C)(=O)=O)cc1F. The maximum atomic E-state index is 13.5. The van der Waals surface area contributed by atoms with Crippen molar-refractivity contribution in [3.8, 4) is 0 Å². The summed E-state index contributed by atoms with van der Waals surface area (Å²) in [5.74, 6) is -2.00. The molecule has 0 aromatic heterocycles. The Morgan fingerprint density at radius 2 is 1.81 bits per heavy atom. The van der Waals surface area contributed by atoms with E-state index >= 15 is 0 Å². The largest absolute Gasteiger partial charge is 0.449 e. The fourth-order valence-electron chi connectivity index (χ4n) is 2.14. The Morgan fingerprint density at radius 1 is 1.15 bits per heavy atom. The van der Waals surface area contributed by atoms with Crippen molar-refractivity contribution >= 4 is 33.3 Å². The molecule has 0 radical (unpaired) electrons. The summed E-state index contributed by atoms with van der Waals surface area (Å²) in [7, 11) is -3.60. The smallest absolute Gasteiger partial charge is 0.341 e. The third kappa shape index (κ3) is 5.78. The number of halogens is 1. The molecule has 0 aliphatic carbocycles. The van der Waals surface area contributed by atoms with Gasteiger partial charge in [-0.05, 0) is 43.7 Å². The second kappa shape index (κ2) is 8.17. The van der Waals surface area contributed by atoms with Crippen LogP contribution in [0.5, 0.6) is 0 Å². The molecule has 144 valence electrons. The summed E-state index contributed by atoms with van der Waals surface area (Å²) in [6, 6.07) is 10.0. The summed E-state index contributed by atoms with van der Waals surface area (Å²) in [5, 5.41) is 2.45. The lowest BCUT2D eigenvalue weighted by Gasteiger charge is -2.15. The maximum absolute atomic E-state index is 13.5. The molecule has 9 heteroatoms. The van der Waals surface area contributed by atoms with Crippen molar-refractivity contribution in [2.45, 2.75) is 20.0 Å². The lowest BCUT2D eigenvalue weighted by molar-refractivity contribution is -0.123. The Morgan fingerprint density at radius 3 is 2.44 bits per heavy atom. The van der Waals surface area contributed by atoms with E-state index in [1.807, 2.05) is 0 Å². The van der Waals surface area contributed by atoms with Crippen LogP contribution in [-0.4, -0.2) is 32.7 Å². The number of benzene rings is 2. The highest BCUT2D eigenvalue weighted by Crippen LogP contribution is 2.19. The van der Waals surface area contributed by atoms with Gasteiger partial charge >= 0.3 is 5.97 Å². The number of carbonyl (C=O) groups is 2. The van der Waals surface area contributed by atoms with Gasteiger partial charge in [0.25, 0.3) is 5.91 Å². The number of amides is 1. The van der Waals surface area contributed by atoms with E-state index < -0.39 is 33.8 Å². The van der Waals surface area contributed by atoms with Crippen LogP contribution in [0.15, 0.2) is 42.5 Å². The van der Waals surface area contributed by atoms with Gasteiger partial charge in [0.15, 0.2) is 6.10 Å². The molecule has 0 bridgehead atoms. The quantitative estimate of drug-likeness (QED) is 0.734. The number of nitrogens with one attached hydrogen (secondary N) is 2. The van der Waals surface area contributed by atoms with Gasteiger partial charge in [-0.15, -0.1) is 0 Å². The van der Waals surface area contributed by atoms with E-state index in [2.05, 4.69) is 10.0 Å². The molecule has 0 saturated carbocycles. The van der Waals surface area contributed by atoms with Crippen LogP contribution in [0.2, 0.25) is 0 Å². The van der Waals surface area contributed by atoms with Crippen LogP contribution in [-0.2, 0) is 19.6 Å². The van der Waals surface area contributed by atoms with Crippen molar-refractivity contribution in [1.29, 1.82) is 0 Å². The summed E-state index contributed by atoms with van der Waals surface area (Å²) < 4.78 is 43.7. The van der Waals surface area contributed by atoms with E-state index in [4.69, 9.17) is 4.74 Å². The summed E-state index contributed by atoms with van der Waals surface area (Å²) >= 11 is 0. The van der Waals surface area contributed by atoms with Crippen molar-refractivity contribution in [2.75, 3.05) is 16.3 Å². The van der Waals surface area contributed by atoms with Crippen LogP contribution in [0.3, 0.4) is 0 Å². The highest BCUT2D eigenvalue weighted by atomic mass is 32.2. The number of rotatable bonds is 6. The minimum atomic E-state index is -3.60. The van der Waals surface area contributed by atoms with E-state index in [0.29, 0.717) is 5.56 Å². The summed E-state index contributed by atoms with van der Waals surface area (Å²) in [6.07, 6.45) is -0.237. The third-order valence-electron chi connectivity index (χ3n) is 3.53. The van der Waals surface area contributed by atoms with Crippen molar-refractivity contribution in [3.63, 3.8) is 0 Å². The first-order chi connectivity index (χ1) is 12.6.